The normalized spacial score (nSPS) is 11.9. The van der Waals surface area contributed by atoms with Crippen LogP contribution in [0.15, 0.2) is 77.3 Å². The summed E-state index contributed by atoms with van der Waals surface area (Å²) in [5, 5.41) is 12.9. The number of carbonyl (C=O) groups is 1. The number of hydrogen-bond acceptors (Lipinski definition) is 5. The van der Waals surface area contributed by atoms with Crippen LogP contribution in [0.3, 0.4) is 0 Å². The number of aromatic amines is 1. The predicted molar refractivity (Wildman–Crippen MR) is 118 cm³/mol. The van der Waals surface area contributed by atoms with Crippen molar-refractivity contribution in [2.75, 3.05) is 5.75 Å². The van der Waals surface area contributed by atoms with Crippen molar-refractivity contribution in [3.05, 3.63) is 88.1 Å². The van der Waals surface area contributed by atoms with Crippen LogP contribution in [0.25, 0.3) is 11.4 Å². The average Bonchev–Trinajstić information content (AvgIpc) is 3.44. The first-order valence-electron chi connectivity index (χ1n) is 9.19. The standard InChI is InChI=1S/C22H20N4OS2/c1-15-9-11-17(12-10-15)21-24-22(26-25-21)29-14-19(27)23-20(18-8-5-13-28-18)16-6-3-2-4-7-16/h2-13,20H,14H2,1H3,(H,23,27)(H,24,25,26)/t20-/m1/s1. The number of aromatic nitrogens is 3. The molecule has 1 amide bonds. The van der Waals surface area contributed by atoms with E-state index >= 15 is 0 Å². The quantitative estimate of drug-likeness (QED) is 0.420. The summed E-state index contributed by atoms with van der Waals surface area (Å²) < 4.78 is 0. The van der Waals surface area contributed by atoms with E-state index in [1.165, 1.54) is 17.3 Å². The Morgan fingerprint density at radius 2 is 1.90 bits per heavy atom. The number of nitrogens with zero attached hydrogens (tertiary/aromatic N) is 2. The summed E-state index contributed by atoms with van der Waals surface area (Å²) in [5.74, 6) is 0.896. The van der Waals surface area contributed by atoms with E-state index in [4.69, 9.17) is 0 Å². The Labute approximate surface area is 177 Å². The molecule has 4 rings (SSSR count). The molecule has 0 bridgehead atoms. The second kappa shape index (κ2) is 9.07. The molecule has 4 aromatic rings. The molecular formula is C22H20N4OS2. The fourth-order valence-electron chi connectivity index (χ4n) is 2.90. The molecule has 29 heavy (non-hydrogen) atoms. The third-order valence-electron chi connectivity index (χ3n) is 4.39. The third kappa shape index (κ3) is 4.93. The van der Waals surface area contributed by atoms with Gasteiger partial charge in [0.1, 0.15) is 0 Å². The van der Waals surface area contributed by atoms with E-state index in [0.717, 1.165) is 16.0 Å². The van der Waals surface area contributed by atoms with E-state index in [0.29, 0.717) is 11.0 Å². The van der Waals surface area contributed by atoms with Crippen LogP contribution in [0.4, 0.5) is 0 Å². The van der Waals surface area contributed by atoms with E-state index in [-0.39, 0.29) is 17.7 Å². The van der Waals surface area contributed by atoms with Gasteiger partial charge in [-0.25, -0.2) is 4.98 Å². The fourth-order valence-corrected chi connectivity index (χ4v) is 4.32. The topological polar surface area (TPSA) is 70.7 Å². The number of hydrogen-bond donors (Lipinski definition) is 2. The summed E-state index contributed by atoms with van der Waals surface area (Å²) in [6.07, 6.45) is 0. The first-order valence-corrected chi connectivity index (χ1v) is 11.1. The van der Waals surface area contributed by atoms with Crippen molar-refractivity contribution in [2.45, 2.75) is 18.1 Å². The molecule has 0 aliphatic rings. The molecule has 0 radical (unpaired) electrons. The lowest BCUT2D eigenvalue weighted by atomic mass is 10.1. The lowest BCUT2D eigenvalue weighted by Crippen LogP contribution is -2.30. The number of thioether (sulfide) groups is 1. The van der Waals surface area contributed by atoms with Crippen molar-refractivity contribution in [2.24, 2.45) is 0 Å². The molecule has 0 fully saturated rings. The van der Waals surface area contributed by atoms with Gasteiger partial charge in [-0.2, -0.15) is 0 Å². The Bertz CT molecular complexity index is 1060. The van der Waals surface area contributed by atoms with E-state index in [1.54, 1.807) is 11.3 Å². The number of carbonyl (C=O) groups excluding carboxylic acids is 1. The Hall–Kier alpha value is -2.90. The van der Waals surface area contributed by atoms with Crippen LogP contribution in [0.5, 0.6) is 0 Å². The molecule has 0 aliphatic carbocycles. The highest BCUT2D eigenvalue weighted by Crippen LogP contribution is 2.26. The van der Waals surface area contributed by atoms with Crippen LogP contribution in [0.2, 0.25) is 0 Å². The maximum Gasteiger partial charge on any atom is 0.231 e. The fraction of sp³-hybridized carbons (Fsp3) is 0.136. The number of benzene rings is 2. The maximum absolute atomic E-state index is 12.6. The number of H-pyrrole nitrogens is 1. The summed E-state index contributed by atoms with van der Waals surface area (Å²) in [4.78, 5) is 18.2. The lowest BCUT2D eigenvalue weighted by Gasteiger charge is -2.17. The van der Waals surface area contributed by atoms with Crippen LogP contribution in [0, 0.1) is 6.92 Å². The van der Waals surface area contributed by atoms with Crippen LogP contribution in [0.1, 0.15) is 22.0 Å². The molecule has 5 nitrogen and oxygen atoms in total. The first kappa shape index (κ1) is 19.4. The molecule has 7 heteroatoms. The summed E-state index contributed by atoms with van der Waals surface area (Å²) in [6, 6.07) is 22.0. The number of aryl methyl sites for hydroxylation is 1. The first-order chi connectivity index (χ1) is 14.2. The van der Waals surface area contributed by atoms with Crippen molar-refractivity contribution >= 4 is 29.0 Å². The number of rotatable bonds is 7. The second-order valence-electron chi connectivity index (χ2n) is 6.55. The largest absolute Gasteiger partial charge is 0.344 e. The Morgan fingerprint density at radius 3 is 2.62 bits per heavy atom. The molecule has 0 unspecified atom stereocenters. The molecule has 2 aromatic carbocycles. The van der Waals surface area contributed by atoms with Gasteiger partial charge in [0.25, 0.3) is 0 Å². The molecule has 2 aromatic heterocycles. The third-order valence-corrected chi connectivity index (χ3v) is 6.17. The van der Waals surface area contributed by atoms with Gasteiger partial charge in [-0.05, 0) is 23.9 Å². The van der Waals surface area contributed by atoms with Gasteiger partial charge in [0.05, 0.1) is 11.8 Å². The van der Waals surface area contributed by atoms with Gasteiger partial charge < -0.3 is 5.32 Å². The zero-order chi connectivity index (χ0) is 20.1. The Balaban J connectivity index is 1.40. The zero-order valence-electron chi connectivity index (χ0n) is 15.8. The minimum absolute atomic E-state index is 0.0565. The van der Waals surface area contributed by atoms with Crippen LogP contribution in [-0.4, -0.2) is 26.8 Å². The van der Waals surface area contributed by atoms with Crippen LogP contribution in [-0.2, 0) is 4.79 Å². The van der Waals surface area contributed by atoms with Gasteiger partial charge in [-0.3, -0.25) is 9.89 Å². The summed E-state index contributed by atoms with van der Waals surface area (Å²) >= 11 is 2.95. The Morgan fingerprint density at radius 1 is 1.10 bits per heavy atom. The number of nitrogens with one attached hydrogen (secondary N) is 2. The van der Waals surface area contributed by atoms with Crippen molar-refractivity contribution in [3.63, 3.8) is 0 Å². The van der Waals surface area contributed by atoms with Gasteiger partial charge in [-0.1, -0.05) is 78.0 Å². The molecule has 2 N–H and O–H groups in total. The smallest absolute Gasteiger partial charge is 0.231 e. The molecule has 1 atom stereocenters. The van der Waals surface area contributed by atoms with Gasteiger partial charge in [0, 0.05) is 10.4 Å². The zero-order valence-corrected chi connectivity index (χ0v) is 17.5. The van der Waals surface area contributed by atoms with Gasteiger partial charge in [0.15, 0.2) is 5.82 Å². The van der Waals surface area contributed by atoms with Crippen molar-refractivity contribution in [1.29, 1.82) is 0 Å². The highest BCUT2D eigenvalue weighted by atomic mass is 32.2. The predicted octanol–water partition coefficient (Wildman–Crippen LogP) is 4.84. The molecule has 2 heterocycles. The lowest BCUT2D eigenvalue weighted by molar-refractivity contribution is -0.119. The van der Waals surface area contributed by atoms with Crippen molar-refractivity contribution < 1.29 is 4.79 Å². The van der Waals surface area contributed by atoms with Gasteiger partial charge in [-0.15, -0.1) is 16.4 Å². The van der Waals surface area contributed by atoms with Crippen LogP contribution >= 0.6 is 23.1 Å². The van der Waals surface area contributed by atoms with Crippen molar-refractivity contribution in [3.8, 4) is 11.4 Å². The van der Waals surface area contributed by atoms with E-state index in [1.807, 2.05) is 79.0 Å². The van der Waals surface area contributed by atoms with Gasteiger partial charge in [0.2, 0.25) is 11.1 Å². The number of thiophene rings is 1. The summed E-state index contributed by atoms with van der Waals surface area (Å²) in [7, 11) is 0. The SMILES string of the molecule is Cc1ccc(-c2nc(SCC(=O)N[C@H](c3ccccc3)c3cccs3)n[nH]2)cc1. The van der Waals surface area contributed by atoms with E-state index in [9.17, 15) is 4.79 Å². The maximum atomic E-state index is 12.6. The van der Waals surface area contributed by atoms with Gasteiger partial charge >= 0.3 is 0 Å². The minimum Gasteiger partial charge on any atom is -0.344 e. The molecule has 0 saturated carbocycles. The monoisotopic (exact) mass is 420 g/mol. The molecule has 0 saturated heterocycles. The molecule has 0 spiro atoms. The van der Waals surface area contributed by atoms with E-state index < -0.39 is 0 Å². The minimum atomic E-state index is -0.153. The summed E-state index contributed by atoms with van der Waals surface area (Å²) in [5.41, 5.74) is 3.23. The summed E-state index contributed by atoms with van der Waals surface area (Å²) in [6.45, 7) is 2.04. The van der Waals surface area contributed by atoms with Crippen molar-refractivity contribution in [1.82, 2.24) is 20.5 Å². The second-order valence-corrected chi connectivity index (χ2v) is 8.47. The Kier molecular flexibility index (Phi) is 6.07. The molecular weight excluding hydrogens is 400 g/mol. The van der Waals surface area contributed by atoms with Crippen LogP contribution < -0.4 is 5.32 Å². The molecule has 0 aliphatic heterocycles. The average molecular weight is 421 g/mol. The highest BCUT2D eigenvalue weighted by Gasteiger charge is 2.18. The number of amides is 1. The van der Waals surface area contributed by atoms with E-state index in [2.05, 4.69) is 20.5 Å². The highest BCUT2D eigenvalue weighted by molar-refractivity contribution is 7.99. The molecule has 146 valence electrons.